The van der Waals surface area contributed by atoms with Crippen molar-refractivity contribution in [2.45, 2.75) is 32.6 Å². The summed E-state index contributed by atoms with van der Waals surface area (Å²) in [4.78, 5) is 0.591. The Kier molecular flexibility index (Phi) is 4.47. The van der Waals surface area contributed by atoms with Crippen LogP contribution in [0, 0.1) is 13.8 Å². The number of halogens is 2. The maximum absolute atomic E-state index is 15.6. The molecule has 0 amide bonds. The monoisotopic (exact) mass is 434 g/mol. The van der Waals surface area contributed by atoms with Gasteiger partial charge in [0, 0.05) is 46.2 Å². The van der Waals surface area contributed by atoms with Gasteiger partial charge in [-0.2, -0.15) is 0 Å². The number of allylic oxidation sites excluding steroid dienone is 2. The van der Waals surface area contributed by atoms with Gasteiger partial charge >= 0.3 is 6.97 Å². The molecule has 1 aromatic heterocycles. The van der Waals surface area contributed by atoms with E-state index in [0.29, 0.717) is 27.7 Å². The van der Waals surface area contributed by atoms with Crippen molar-refractivity contribution in [3.05, 3.63) is 70.2 Å². The second kappa shape index (κ2) is 6.44. The van der Waals surface area contributed by atoms with Crippen LogP contribution < -0.4 is 0 Å². The highest BCUT2D eigenvalue weighted by Gasteiger charge is 2.55. The van der Waals surface area contributed by atoms with Crippen LogP contribution in [0.3, 0.4) is 0 Å². The highest BCUT2D eigenvalue weighted by Crippen LogP contribution is 2.44. The van der Waals surface area contributed by atoms with Crippen molar-refractivity contribution in [3.8, 4) is 0 Å². The van der Waals surface area contributed by atoms with E-state index in [4.69, 9.17) is 0 Å². The lowest BCUT2D eigenvalue weighted by Gasteiger charge is -2.34. The summed E-state index contributed by atoms with van der Waals surface area (Å²) in [6.07, 6.45) is 2.94. The minimum Gasteiger partial charge on any atom is -0.393 e. The Bertz CT molecular complexity index is 1250. The fraction of sp³-hybridized carbons (Fsp3) is 0.250. The van der Waals surface area contributed by atoms with E-state index in [1.54, 1.807) is 50.3 Å². The molecule has 152 valence electrons. The van der Waals surface area contributed by atoms with Gasteiger partial charge in [0.05, 0.1) is 5.57 Å². The van der Waals surface area contributed by atoms with Crippen LogP contribution in [0.1, 0.15) is 36.4 Å². The Morgan fingerprint density at radius 2 is 1.69 bits per heavy atom. The molecule has 0 atom stereocenters. The smallest absolute Gasteiger partial charge is 0.393 e. The summed E-state index contributed by atoms with van der Waals surface area (Å²) in [5.74, 6) is 0. The third-order valence-electron chi connectivity index (χ3n) is 5.33. The lowest BCUT2D eigenvalue weighted by Crippen LogP contribution is -2.51. The number of hydrogen-bond acceptors (Lipinski definition) is 3. The Morgan fingerprint density at radius 3 is 2.28 bits per heavy atom. The number of nitrogens with zero attached hydrogens (tertiary/aromatic N) is 2. The molecule has 0 saturated carbocycles. The van der Waals surface area contributed by atoms with E-state index >= 15 is 8.63 Å². The number of aryl methyl sites for hydroxylation is 2. The topological polar surface area (TPSA) is 42.1 Å². The summed E-state index contributed by atoms with van der Waals surface area (Å²) >= 11 is 0. The lowest BCUT2D eigenvalue weighted by molar-refractivity contribution is -0.363. The number of benzene rings is 1. The quantitative estimate of drug-likeness (QED) is 0.525. The Hall–Kier alpha value is -2.13. The average Bonchev–Trinajstić information content (AvgIpc) is 3.05. The minimum atomic E-state index is -4.00. The molecular weight excluding hydrogens is 413 g/mol. The predicted octanol–water partition coefficient (Wildman–Crippen LogP) is 4.59. The largest absolute Gasteiger partial charge is 0.737 e. The van der Waals surface area contributed by atoms with Crippen molar-refractivity contribution in [2.75, 3.05) is 6.26 Å². The Balaban J connectivity index is 2.00. The van der Waals surface area contributed by atoms with Crippen molar-refractivity contribution in [2.24, 2.45) is 0 Å². The zero-order chi connectivity index (χ0) is 21.3. The van der Waals surface area contributed by atoms with E-state index in [1.165, 1.54) is 0 Å². The van der Waals surface area contributed by atoms with Gasteiger partial charge in [-0.15, -0.1) is 0 Å². The molecule has 0 N–H and O–H groups in total. The van der Waals surface area contributed by atoms with Crippen molar-refractivity contribution in [1.29, 1.82) is 0 Å². The summed E-state index contributed by atoms with van der Waals surface area (Å²) in [5, 5.41) is 0. The van der Waals surface area contributed by atoms with Crippen molar-refractivity contribution in [3.63, 3.8) is 0 Å². The molecule has 0 bridgehead atoms. The molecule has 2 aliphatic rings. The molecule has 2 aliphatic heterocycles. The molecule has 4 rings (SSSR count). The summed E-state index contributed by atoms with van der Waals surface area (Å²) in [5.41, 5.74) is 5.16. The zero-order valence-electron chi connectivity index (χ0n) is 16.8. The highest BCUT2D eigenvalue weighted by atomic mass is 33.1. The fourth-order valence-corrected chi connectivity index (χ4v) is 6.40. The van der Waals surface area contributed by atoms with Crippen molar-refractivity contribution in [1.82, 2.24) is 4.48 Å². The standard InChI is InChI=1S/C20H21BF2N2O2S2/c1-12-10-14(3)24-19(12)18(16-6-8-17(9-7-16)28-29(5,26)27)20-13(2)11-15(4)25(20)21(24,22)23/h6-11H,1-5H3. The van der Waals surface area contributed by atoms with Crippen molar-refractivity contribution >= 4 is 37.9 Å². The molecule has 4 nitrogen and oxygen atoms in total. The number of rotatable bonds is 3. The van der Waals surface area contributed by atoms with Gasteiger partial charge in [0.25, 0.3) is 0 Å². The Morgan fingerprint density at radius 1 is 1.07 bits per heavy atom. The van der Waals surface area contributed by atoms with Crippen LogP contribution >= 0.6 is 10.8 Å². The van der Waals surface area contributed by atoms with Gasteiger partial charge in [-0.3, -0.25) is 0 Å². The van der Waals surface area contributed by atoms with Gasteiger partial charge in [-0.1, -0.05) is 12.1 Å². The third-order valence-corrected chi connectivity index (χ3v) is 7.58. The SMILES string of the molecule is CC1=CC(C)=[N+]2C1=C(c1ccc(SS(C)(=O)=O)cc1)c1c(C)cc(C)n1[B-]2(F)F. The number of aromatic nitrogens is 1. The third kappa shape index (κ3) is 3.11. The first-order valence-corrected chi connectivity index (χ1v) is 12.4. The van der Waals surface area contributed by atoms with Crippen LogP contribution in [-0.4, -0.2) is 36.3 Å². The number of hydrogen-bond donors (Lipinski definition) is 0. The average molecular weight is 434 g/mol. The molecule has 0 aliphatic carbocycles. The van der Waals surface area contributed by atoms with E-state index < -0.39 is 15.8 Å². The number of fused-ring (bicyclic) bond motifs is 2. The summed E-state index contributed by atoms with van der Waals surface area (Å²) in [7, 11) is -2.45. The maximum atomic E-state index is 15.6. The molecule has 0 fully saturated rings. The first-order chi connectivity index (χ1) is 13.4. The molecular formula is C20H21BF2N2O2S2. The molecule has 0 unspecified atom stereocenters. The zero-order valence-corrected chi connectivity index (χ0v) is 18.5. The van der Waals surface area contributed by atoms with Gasteiger partial charge in [0.15, 0.2) is 5.70 Å². The van der Waals surface area contributed by atoms with Gasteiger partial charge in [-0.25, -0.2) is 8.42 Å². The first-order valence-electron chi connectivity index (χ1n) is 9.19. The maximum Gasteiger partial charge on any atom is 0.737 e. The van der Waals surface area contributed by atoms with Gasteiger partial charge in [-0.05, 0) is 55.8 Å². The van der Waals surface area contributed by atoms with Crippen LogP contribution in [0.5, 0.6) is 0 Å². The van der Waals surface area contributed by atoms with Crippen LogP contribution in [-0.2, 0) is 8.87 Å². The molecule has 3 heterocycles. The van der Waals surface area contributed by atoms with Crippen molar-refractivity contribution < 1.29 is 21.5 Å². The fourth-order valence-electron chi connectivity index (χ4n) is 4.42. The molecule has 2 aromatic rings. The molecule has 9 heteroatoms. The normalized spacial score (nSPS) is 18.1. The van der Waals surface area contributed by atoms with Crippen LogP contribution in [0.2, 0.25) is 0 Å². The van der Waals surface area contributed by atoms with Gasteiger partial charge in [0.1, 0.15) is 5.71 Å². The lowest BCUT2D eigenvalue weighted by atomic mass is 9.84. The second-order valence-corrected chi connectivity index (χ2v) is 12.0. The van der Waals surface area contributed by atoms with Crippen LogP contribution in [0.25, 0.3) is 5.57 Å². The minimum absolute atomic E-state index is 0.514. The van der Waals surface area contributed by atoms with E-state index in [-0.39, 0.29) is 0 Å². The van der Waals surface area contributed by atoms with Crippen LogP contribution in [0.4, 0.5) is 8.63 Å². The van der Waals surface area contributed by atoms with E-state index in [2.05, 4.69) is 0 Å². The van der Waals surface area contributed by atoms with E-state index in [9.17, 15) is 8.42 Å². The van der Waals surface area contributed by atoms with E-state index in [1.807, 2.05) is 13.8 Å². The molecule has 0 spiro atoms. The molecule has 0 saturated heterocycles. The summed E-state index contributed by atoms with van der Waals surface area (Å²) in [6, 6.07) is 8.83. The van der Waals surface area contributed by atoms with Gasteiger partial charge in [0.2, 0.25) is 8.87 Å². The summed E-state index contributed by atoms with van der Waals surface area (Å²) < 4.78 is 56.6. The summed E-state index contributed by atoms with van der Waals surface area (Å²) in [6.45, 7) is 3.09. The molecule has 0 radical (unpaired) electrons. The van der Waals surface area contributed by atoms with Gasteiger partial charge < -0.3 is 17.6 Å². The molecule has 29 heavy (non-hydrogen) atoms. The second-order valence-electron chi connectivity index (χ2n) is 7.65. The predicted molar refractivity (Wildman–Crippen MR) is 115 cm³/mol. The highest BCUT2D eigenvalue weighted by molar-refractivity contribution is 8.71. The molecule has 1 aromatic carbocycles. The Labute approximate surface area is 173 Å². The van der Waals surface area contributed by atoms with Crippen LogP contribution in [0.15, 0.2) is 52.6 Å². The first kappa shape index (κ1) is 20.2. The van der Waals surface area contributed by atoms with E-state index in [0.717, 1.165) is 48.3 Å².